The molecule has 100 valence electrons. The Kier molecular flexibility index (Phi) is 3.91. The highest BCUT2D eigenvalue weighted by Gasteiger charge is 2.10. The molecule has 0 aliphatic carbocycles. The number of benzene rings is 1. The van der Waals surface area contributed by atoms with Crippen LogP contribution < -0.4 is 5.32 Å². The lowest BCUT2D eigenvalue weighted by molar-refractivity contribution is -0.384. The van der Waals surface area contributed by atoms with Crippen molar-refractivity contribution < 1.29 is 4.92 Å². The summed E-state index contributed by atoms with van der Waals surface area (Å²) in [7, 11) is 0. The van der Waals surface area contributed by atoms with Crippen LogP contribution in [0.3, 0.4) is 0 Å². The second-order valence-electron chi connectivity index (χ2n) is 4.25. The lowest BCUT2D eigenvalue weighted by Gasteiger charge is -2.09. The zero-order valence-electron chi connectivity index (χ0n) is 10.8. The molecule has 0 bridgehead atoms. The molecule has 6 heteroatoms. The number of nitrogens with zero attached hydrogens (tertiary/aromatic N) is 3. The van der Waals surface area contributed by atoms with Gasteiger partial charge in [-0.05, 0) is 30.2 Å². The van der Waals surface area contributed by atoms with E-state index in [-0.39, 0.29) is 11.3 Å². The van der Waals surface area contributed by atoms with Gasteiger partial charge < -0.3 is 5.32 Å². The van der Waals surface area contributed by atoms with Gasteiger partial charge in [-0.1, -0.05) is 0 Å². The van der Waals surface area contributed by atoms with Gasteiger partial charge in [-0.3, -0.25) is 15.1 Å². The number of aromatic nitrogens is 1. The van der Waals surface area contributed by atoms with Gasteiger partial charge in [-0.2, -0.15) is 5.26 Å². The SMILES string of the molecule is Cc1cnccc1CNc1ccc([N+](=O)[O-])cc1C#N. The molecule has 20 heavy (non-hydrogen) atoms. The highest BCUT2D eigenvalue weighted by Crippen LogP contribution is 2.22. The number of hydrogen-bond acceptors (Lipinski definition) is 5. The first-order chi connectivity index (χ1) is 9.61. The van der Waals surface area contributed by atoms with E-state index < -0.39 is 4.92 Å². The number of nitro benzene ring substituents is 1. The number of aryl methyl sites for hydroxylation is 1. The molecule has 0 spiro atoms. The zero-order chi connectivity index (χ0) is 14.5. The third-order valence-electron chi connectivity index (χ3n) is 2.94. The van der Waals surface area contributed by atoms with Gasteiger partial charge in [0, 0.05) is 31.1 Å². The summed E-state index contributed by atoms with van der Waals surface area (Å²) in [5.41, 5.74) is 2.84. The van der Waals surface area contributed by atoms with E-state index in [0.717, 1.165) is 11.1 Å². The van der Waals surface area contributed by atoms with Crippen LogP contribution in [0.2, 0.25) is 0 Å². The first-order valence-electron chi connectivity index (χ1n) is 5.93. The van der Waals surface area contributed by atoms with Crippen LogP contribution in [0.25, 0.3) is 0 Å². The van der Waals surface area contributed by atoms with Crippen LogP contribution in [-0.4, -0.2) is 9.91 Å². The van der Waals surface area contributed by atoms with E-state index in [2.05, 4.69) is 10.3 Å². The van der Waals surface area contributed by atoms with Crippen LogP contribution in [0.4, 0.5) is 11.4 Å². The Morgan fingerprint density at radius 1 is 1.45 bits per heavy atom. The second kappa shape index (κ2) is 5.80. The Morgan fingerprint density at radius 2 is 2.25 bits per heavy atom. The summed E-state index contributed by atoms with van der Waals surface area (Å²) in [6, 6.07) is 8.04. The molecule has 0 amide bonds. The van der Waals surface area contributed by atoms with Gasteiger partial charge in [-0.15, -0.1) is 0 Å². The number of hydrogen-bond donors (Lipinski definition) is 1. The molecular weight excluding hydrogens is 256 g/mol. The van der Waals surface area contributed by atoms with Crippen LogP contribution in [0, 0.1) is 28.4 Å². The highest BCUT2D eigenvalue weighted by atomic mass is 16.6. The van der Waals surface area contributed by atoms with E-state index in [0.29, 0.717) is 12.2 Å². The van der Waals surface area contributed by atoms with Crippen molar-refractivity contribution in [3.8, 4) is 6.07 Å². The maximum Gasteiger partial charge on any atom is 0.270 e. The molecule has 0 radical (unpaired) electrons. The van der Waals surface area contributed by atoms with Crippen LogP contribution in [-0.2, 0) is 6.54 Å². The molecule has 1 aromatic carbocycles. The fourth-order valence-corrected chi connectivity index (χ4v) is 1.78. The lowest BCUT2D eigenvalue weighted by atomic mass is 10.1. The average molecular weight is 268 g/mol. The van der Waals surface area contributed by atoms with Gasteiger partial charge >= 0.3 is 0 Å². The maximum absolute atomic E-state index is 10.7. The summed E-state index contributed by atoms with van der Waals surface area (Å²) >= 11 is 0. The predicted octanol–water partition coefficient (Wildman–Crippen LogP) is 2.78. The average Bonchev–Trinajstić information content (AvgIpc) is 2.46. The molecule has 0 aliphatic heterocycles. The van der Waals surface area contributed by atoms with Crippen molar-refractivity contribution in [2.45, 2.75) is 13.5 Å². The quantitative estimate of drug-likeness (QED) is 0.680. The Balaban J connectivity index is 2.20. The molecular formula is C14H12N4O2. The van der Waals surface area contributed by atoms with Crippen molar-refractivity contribution in [3.63, 3.8) is 0 Å². The van der Waals surface area contributed by atoms with Crippen molar-refractivity contribution in [1.82, 2.24) is 4.98 Å². The van der Waals surface area contributed by atoms with Crippen LogP contribution in [0.15, 0.2) is 36.7 Å². The Morgan fingerprint density at radius 3 is 2.90 bits per heavy atom. The van der Waals surface area contributed by atoms with E-state index in [1.807, 2.05) is 19.1 Å². The standard InChI is InChI=1S/C14H12N4O2/c1-10-8-16-5-4-11(10)9-17-14-3-2-13(18(19)20)6-12(14)7-15/h2-6,8,17H,9H2,1H3. The summed E-state index contributed by atoms with van der Waals surface area (Å²) in [4.78, 5) is 14.2. The molecule has 0 saturated carbocycles. The second-order valence-corrected chi connectivity index (χ2v) is 4.25. The van der Waals surface area contributed by atoms with Crippen LogP contribution in [0.5, 0.6) is 0 Å². The first kappa shape index (κ1) is 13.5. The topological polar surface area (TPSA) is 91.8 Å². The molecule has 2 aromatic rings. The van der Waals surface area contributed by atoms with Gasteiger partial charge in [0.15, 0.2) is 0 Å². The fourth-order valence-electron chi connectivity index (χ4n) is 1.78. The van der Waals surface area contributed by atoms with Gasteiger partial charge in [-0.25, -0.2) is 0 Å². The van der Waals surface area contributed by atoms with Crippen molar-refractivity contribution in [2.75, 3.05) is 5.32 Å². The van der Waals surface area contributed by atoms with E-state index in [9.17, 15) is 10.1 Å². The number of nitrogens with one attached hydrogen (secondary N) is 1. The number of rotatable bonds is 4. The molecule has 2 rings (SSSR count). The number of anilines is 1. The van der Waals surface area contributed by atoms with E-state index in [1.165, 1.54) is 12.1 Å². The minimum atomic E-state index is -0.516. The zero-order valence-corrected chi connectivity index (χ0v) is 10.8. The van der Waals surface area contributed by atoms with E-state index >= 15 is 0 Å². The molecule has 0 fully saturated rings. The van der Waals surface area contributed by atoms with Gasteiger partial charge in [0.05, 0.1) is 16.2 Å². The summed E-state index contributed by atoms with van der Waals surface area (Å²) in [6.45, 7) is 2.48. The molecule has 0 aliphatic rings. The maximum atomic E-state index is 10.7. The smallest absolute Gasteiger partial charge is 0.270 e. The summed E-state index contributed by atoms with van der Waals surface area (Å²) in [5, 5.41) is 22.8. The minimum absolute atomic E-state index is 0.0906. The summed E-state index contributed by atoms with van der Waals surface area (Å²) < 4.78 is 0. The predicted molar refractivity (Wildman–Crippen MR) is 74.1 cm³/mol. The van der Waals surface area contributed by atoms with Gasteiger partial charge in [0.25, 0.3) is 5.69 Å². The van der Waals surface area contributed by atoms with Crippen molar-refractivity contribution in [1.29, 1.82) is 5.26 Å². The number of non-ortho nitro benzene ring substituents is 1. The molecule has 0 saturated heterocycles. The fraction of sp³-hybridized carbons (Fsp3) is 0.143. The van der Waals surface area contributed by atoms with Crippen LogP contribution in [0.1, 0.15) is 16.7 Å². The molecule has 0 unspecified atom stereocenters. The number of pyridine rings is 1. The minimum Gasteiger partial charge on any atom is -0.380 e. The largest absolute Gasteiger partial charge is 0.380 e. The number of nitriles is 1. The third-order valence-corrected chi connectivity index (χ3v) is 2.94. The monoisotopic (exact) mass is 268 g/mol. The van der Waals surface area contributed by atoms with Gasteiger partial charge in [0.2, 0.25) is 0 Å². The number of nitro groups is 1. The first-order valence-corrected chi connectivity index (χ1v) is 5.93. The highest BCUT2D eigenvalue weighted by molar-refractivity contribution is 5.61. The Hall–Kier alpha value is -2.94. The molecule has 6 nitrogen and oxygen atoms in total. The summed E-state index contributed by atoms with van der Waals surface area (Å²) in [5.74, 6) is 0. The molecule has 0 atom stereocenters. The molecule has 1 aromatic heterocycles. The van der Waals surface area contributed by atoms with E-state index in [1.54, 1.807) is 18.5 Å². The Bertz CT molecular complexity index is 692. The summed E-state index contributed by atoms with van der Waals surface area (Å²) in [6.07, 6.45) is 3.46. The van der Waals surface area contributed by atoms with Crippen molar-refractivity contribution in [2.24, 2.45) is 0 Å². The normalized spacial score (nSPS) is 9.80. The molecule has 1 N–H and O–H groups in total. The van der Waals surface area contributed by atoms with Crippen LogP contribution >= 0.6 is 0 Å². The Labute approximate surface area is 115 Å². The third kappa shape index (κ3) is 2.90. The van der Waals surface area contributed by atoms with Crippen molar-refractivity contribution >= 4 is 11.4 Å². The lowest BCUT2D eigenvalue weighted by Crippen LogP contribution is -2.03. The van der Waals surface area contributed by atoms with Crippen molar-refractivity contribution in [3.05, 3.63) is 63.5 Å². The van der Waals surface area contributed by atoms with E-state index in [4.69, 9.17) is 5.26 Å². The molecule has 1 heterocycles. The van der Waals surface area contributed by atoms with Gasteiger partial charge in [0.1, 0.15) is 6.07 Å².